The SMILES string of the molecule is CCOC(=O)C(C)N=Cc1ccc(OC)cc1. The summed E-state index contributed by atoms with van der Waals surface area (Å²) >= 11 is 0. The zero-order valence-corrected chi connectivity index (χ0v) is 10.3. The maximum atomic E-state index is 11.3. The van der Waals surface area contributed by atoms with Crippen LogP contribution in [0.3, 0.4) is 0 Å². The van der Waals surface area contributed by atoms with Crippen LogP contribution in [0.2, 0.25) is 0 Å². The Hall–Kier alpha value is -1.84. The zero-order valence-electron chi connectivity index (χ0n) is 10.3. The summed E-state index contributed by atoms with van der Waals surface area (Å²) in [6.45, 7) is 3.86. The van der Waals surface area contributed by atoms with Crippen LogP contribution in [-0.4, -0.2) is 31.9 Å². The predicted molar refractivity (Wildman–Crippen MR) is 66.7 cm³/mol. The molecule has 17 heavy (non-hydrogen) atoms. The summed E-state index contributed by atoms with van der Waals surface area (Å²) in [7, 11) is 1.62. The lowest BCUT2D eigenvalue weighted by atomic mass is 10.2. The van der Waals surface area contributed by atoms with E-state index in [1.807, 2.05) is 24.3 Å². The van der Waals surface area contributed by atoms with Gasteiger partial charge in [0.1, 0.15) is 11.8 Å². The van der Waals surface area contributed by atoms with E-state index < -0.39 is 6.04 Å². The van der Waals surface area contributed by atoms with Crippen LogP contribution in [0.4, 0.5) is 0 Å². The molecular weight excluding hydrogens is 218 g/mol. The lowest BCUT2D eigenvalue weighted by Gasteiger charge is -2.05. The first-order valence-electron chi connectivity index (χ1n) is 5.51. The van der Waals surface area contributed by atoms with Crippen LogP contribution in [0.1, 0.15) is 19.4 Å². The van der Waals surface area contributed by atoms with Gasteiger partial charge in [-0.15, -0.1) is 0 Å². The number of carbonyl (C=O) groups excluding carboxylic acids is 1. The van der Waals surface area contributed by atoms with Gasteiger partial charge in [0.25, 0.3) is 0 Å². The van der Waals surface area contributed by atoms with Gasteiger partial charge in [-0.1, -0.05) is 0 Å². The molecule has 0 bridgehead atoms. The fourth-order valence-corrected chi connectivity index (χ4v) is 1.21. The van der Waals surface area contributed by atoms with E-state index >= 15 is 0 Å². The fraction of sp³-hybridized carbons (Fsp3) is 0.385. The molecule has 0 amide bonds. The minimum absolute atomic E-state index is 0.308. The molecule has 4 nitrogen and oxygen atoms in total. The molecular formula is C13H17NO3. The highest BCUT2D eigenvalue weighted by Crippen LogP contribution is 2.10. The molecule has 0 aliphatic carbocycles. The molecule has 0 saturated carbocycles. The van der Waals surface area contributed by atoms with Gasteiger partial charge in [0.15, 0.2) is 0 Å². The number of nitrogens with zero attached hydrogens (tertiary/aromatic N) is 1. The molecule has 4 heteroatoms. The van der Waals surface area contributed by atoms with Crippen molar-refractivity contribution in [2.75, 3.05) is 13.7 Å². The average molecular weight is 235 g/mol. The molecule has 0 fully saturated rings. The smallest absolute Gasteiger partial charge is 0.330 e. The summed E-state index contributed by atoms with van der Waals surface area (Å²) < 4.78 is 9.90. The van der Waals surface area contributed by atoms with Gasteiger partial charge in [-0.3, -0.25) is 4.99 Å². The maximum absolute atomic E-state index is 11.3. The normalized spacial score (nSPS) is 12.4. The van der Waals surface area contributed by atoms with Crippen molar-refractivity contribution in [3.63, 3.8) is 0 Å². The summed E-state index contributed by atoms with van der Waals surface area (Å²) in [6.07, 6.45) is 1.65. The molecule has 0 aliphatic heterocycles. The average Bonchev–Trinajstić information content (AvgIpc) is 2.36. The lowest BCUT2D eigenvalue weighted by molar-refractivity contribution is -0.144. The van der Waals surface area contributed by atoms with E-state index in [0.29, 0.717) is 6.61 Å². The topological polar surface area (TPSA) is 47.9 Å². The predicted octanol–water partition coefficient (Wildman–Crippen LogP) is 2.07. The Bertz CT molecular complexity index is 384. The van der Waals surface area contributed by atoms with E-state index in [4.69, 9.17) is 9.47 Å². The highest BCUT2D eigenvalue weighted by molar-refractivity contribution is 5.83. The minimum Gasteiger partial charge on any atom is -0.497 e. The van der Waals surface area contributed by atoms with Gasteiger partial charge in [0, 0.05) is 6.21 Å². The van der Waals surface area contributed by atoms with Crippen molar-refractivity contribution < 1.29 is 14.3 Å². The molecule has 0 N–H and O–H groups in total. The number of methoxy groups -OCH3 is 1. The first kappa shape index (κ1) is 13.2. The third-order valence-electron chi connectivity index (χ3n) is 2.19. The summed E-state index contributed by atoms with van der Waals surface area (Å²) in [4.78, 5) is 15.4. The number of hydrogen-bond acceptors (Lipinski definition) is 4. The summed E-state index contributed by atoms with van der Waals surface area (Å²) in [5.74, 6) is 0.484. The van der Waals surface area contributed by atoms with Crippen LogP contribution < -0.4 is 4.74 Å². The minimum atomic E-state index is -0.475. The van der Waals surface area contributed by atoms with Crippen LogP contribution in [0.15, 0.2) is 29.3 Å². The van der Waals surface area contributed by atoms with Crippen LogP contribution in [0.5, 0.6) is 5.75 Å². The number of benzene rings is 1. The molecule has 1 aromatic rings. The van der Waals surface area contributed by atoms with E-state index in [2.05, 4.69) is 4.99 Å². The molecule has 1 unspecified atom stereocenters. The van der Waals surface area contributed by atoms with Gasteiger partial charge in [0.2, 0.25) is 0 Å². The number of aliphatic imine (C=N–C) groups is 1. The van der Waals surface area contributed by atoms with Crippen molar-refractivity contribution >= 4 is 12.2 Å². The van der Waals surface area contributed by atoms with Crippen LogP contribution >= 0.6 is 0 Å². The lowest BCUT2D eigenvalue weighted by Crippen LogP contribution is -2.18. The van der Waals surface area contributed by atoms with Crippen molar-refractivity contribution in [3.05, 3.63) is 29.8 Å². The van der Waals surface area contributed by atoms with Crippen molar-refractivity contribution in [3.8, 4) is 5.75 Å². The van der Waals surface area contributed by atoms with Crippen molar-refractivity contribution in [2.45, 2.75) is 19.9 Å². The molecule has 1 rings (SSSR count). The second-order valence-electron chi connectivity index (χ2n) is 3.48. The molecule has 1 aromatic carbocycles. The van der Waals surface area contributed by atoms with Gasteiger partial charge in [-0.05, 0) is 43.7 Å². The highest BCUT2D eigenvalue weighted by atomic mass is 16.5. The Morgan fingerprint density at radius 1 is 1.41 bits per heavy atom. The van der Waals surface area contributed by atoms with Crippen molar-refractivity contribution in [1.29, 1.82) is 0 Å². The molecule has 1 atom stereocenters. The van der Waals surface area contributed by atoms with Crippen LogP contribution in [0, 0.1) is 0 Å². The summed E-state index contributed by atoms with van der Waals surface area (Å²) in [6, 6.07) is 6.96. The van der Waals surface area contributed by atoms with Gasteiger partial charge < -0.3 is 9.47 Å². The Morgan fingerprint density at radius 3 is 2.59 bits per heavy atom. The standard InChI is InChI=1S/C13H17NO3/c1-4-17-13(15)10(2)14-9-11-5-7-12(16-3)8-6-11/h5-10H,4H2,1-3H3. The Labute approximate surface area is 101 Å². The summed E-state index contributed by atoms with van der Waals surface area (Å²) in [5, 5.41) is 0. The third kappa shape index (κ3) is 4.26. The third-order valence-corrected chi connectivity index (χ3v) is 2.19. The fourth-order valence-electron chi connectivity index (χ4n) is 1.21. The zero-order chi connectivity index (χ0) is 12.7. The number of esters is 1. The maximum Gasteiger partial charge on any atom is 0.330 e. The molecule has 0 radical (unpaired) electrons. The largest absolute Gasteiger partial charge is 0.497 e. The molecule has 0 aromatic heterocycles. The molecule has 0 heterocycles. The Kier molecular flexibility index (Phi) is 5.20. The Balaban J connectivity index is 2.60. The number of ether oxygens (including phenoxy) is 2. The molecule has 0 spiro atoms. The Morgan fingerprint density at radius 2 is 2.06 bits per heavy atom. The highest BCUT2D eigenvalue weighted by Gasteiger charge is 2.10. The van der Waals surface area contributed by atoms with Crippen molar-refractivity contribution in [1.82, 2.24) is 0 Å². The van der Waals surface area contributed by atoms with E-state index in [-0.39, 0.29) is 5.97 Å². The number of rotatable bonds is 5. The van der Waals surface area contributed by atoms with Crippen molar-refractivity contribution in [2.24, 2.45) is 4.99 Å². The number of hydrogen-bond donors (Lipinski definition) is 0. The van der Waals surface area contributed by atoms with E-state index in [1.54, 1.807) is 27.2 Å². The van der Waals surface area contributed by atoms with Crippen LogP contribution in [-0.2, 0) is 9.53 Å². The second kappa shape index (κ2) is 6.68. The second-order valence-corrected chi connectivity index (χ2v) is 3.48. The van der Waals surface area contributed by atoms with Gasteiger partial charge >= 0.3 is 5.97 Å². The van der Waals surface area contributed by atoms with Gasteiger partial charge in [-0.25, -0.2) is 4.79 Å². The first-order valence-corrected chi connectivity index (χ1v) is 5.51. The molecule has 92 valence electrons. The van der Waals surface area contributed by atoms with Gasteiger partial charge in [-0.2, -0.15) is 0 Å². The molecule has 0 aliphatic rings. The summed E-state index contributed by atoms with van der Waals surface area (Å²) in [5.41, 5.74) is 0.918. The monoisotopic (exact) mass is 235 g/mol. The van der Waals surface area contributed by atoms with Gasteiger partial charge in [0.05, 0.1) is 13.7 Å². The van der Waals surface area contributed by atoms with Crippen LogP contribution in [0.25, 0.3) is 0 Å². The van der Waals surface area contributed by atoms with E-state index in [1.165, 1.54) is 0 Å². The quantitative estimate of drug-likeness (QED) is 0.579. The van der Waals surface area contributed by atoms with E-state index in [0.717, 1.165) is 11.3 Å². The first-order chi connectivity index (χ1) is 8.17. The van der Waals surface area contributed by atoms with E-state index in [9.17, 15) is 4.79 Å². The number of carbonyl (C=O) groups is 1. The molecule has 0 saturated heterocycles.